The molecule has 1 fully saturated rings. The Labute approximate surface area is 102 Å². The minimum absolute atomic E-state index is 0.679. The zero-order valence-corrected chi connectivity index (χ0v) is 10.3. The monoisotopic (exact) mass is 238 g/mol. The van der Waals surface area contributed by atoms with Gasteiger partial charge in [0.25, 0.3) is 0 Å². The lowest BCUT2D eigenvalue weighted by Crippen LogP contribution is -2.28. The molecule has 0 spiro atoms. The van der Waals surface area contributed by atoms with Gasteiger partial charge in [-0.25, -0.2) is 0 Å². The number of halogens is 1. The Morgan fingerprint density at radius 3 is 2.75 bits per heavy atom. The first-order chi connectivity index (χ1) is 7.81. The summed E-state index contributed by atoms with van der Waals surface area (Å²) in [4.78, 5) is 4.02. The lowest BCUT2D eigenvalue weighted by molar-refractivity contribution is 0.242. The molecule has 2 unspecified atom stereocenters. The van der Waals surface area contributed by atoms with Crippen molar-refractivity contribution in [3.05, 3.63) is 29.0 Å². The lowest BCUT2D eigenvalue weighted by Gasteiger charge is -2.30. The molecule has 1 aromatic heterocycles. The second kappa shape index (κ2) is 5.65. The maximum Gasteiger partial charge on any atom is 0.0621 e. The van der Waals surface area contributed by atoms with Crippen molar-refractivity contribution in [2.24, 2.45) is 17.6 Å². The number of rotatable bonds is 3. The van der Waals surface area contributed by atoms with E-state index < -0.39 is 0 Å². The summed E-state index contributed by atoms with van der Waals surface area (Å²) in [5, 5.41) is 0.795. The van der Waals surface area contributed by atoms with Crippen molar-refractivity contribution in [2.45, 2.75) is 32.1 Å². The molecular weight excluding hydrogens is 220 g/mol. The summed E-state index contributed by atoms with van der Waals surface area (Å²) in [6, 6.07) is 2.03. The van der Waals surface area contributed by atoms with Crippen LogP contribution in [0.1, 0.15) is 31.2 Å². The van der Waals surface area contributed by atoms with Crippen molar-refractivity contribution in [3.63, 3.8) is 0 Å². The molecule has 1 aromatic rings. The fourth-order valence-corrected chi connectivity index (χ4v) is 2.91. The van der Waals surface area contributed by atoms with Crippen LogP contribution in [-0.4, -0.2) is 11.5 Å². The molecule has 0 aliphatic heterocycles. The molecule has 1 aliphatic rings. The molecule has 2 nitrogen and oxygen atoms in total. The van der Waals surface area contributed by atoms with Gasteiger partial charge < -0.3 is 5.73 Å². The van der Waals surface area contributed by atoms with Gasteiger partial charge in [0.15, 0.2) is 0 Å². The first-order valence-electron chi connectivity index (χ1n) is 6.09. The molecule has 0 saturated heterocycles. The van der Waals surface area contributed by atoms with Crippen molar-refractivity contribution in [1.82, 2.24) is 4.98 Å². The highest BCUT2D eigenvalue weighted by atomic mass is 35.5. The number of hydrogen-bond acceptors (Lipinski definition) is 2. The number of nitrogens with two attached hydrogens (primary N) is 1. The van der Waals surface area contributed by atoms with Crippen LogP contribution in [0.4, 0.5) is 0 Å². The maximum atomic E-state index is 6.14. The second-order valence-corrected chi connectivity index (χ2v) is 5.12. The highest BCUT2D eigenvalue weighted by Crippen LogP contribution is 2.33. The molecule has 0 amide bonds. The Morgan fingerprint density at radius 2 is 2.06 bits per heavy atom. The van der Waals surface area contributed by atoms with E-state index in [4.69, 9.17) is 17.3 Å². The molecule has 0 radical (unpaired) electrons. The van der Waals surface area contributed by atoms with Gasteiger partial charge >= 0.3 is 0 Å². The number of hydrogen-bond donors (Lipinski definition) is 1. The van der Waals surface area contributed by atoms with E-state index in [0.29, 0.717) is 11.8 Å². The zero-order valence-electron chi connectivity index (χ0n) is 9.53. The highest BCUT2D eigenvalue weighted by Gasteiger charge is 2.24. The Bertz CT molecular complexity index is 340. The van der Waals surface area contributed by atoms with E-state index >= 15 is 0 Å². The van der Waals surface area contributed by atoms with Crippen molar-refractivity contribution in [1.29, 1.82) is 0 Å². The van der Waals surface area contributed by atoms with E-state index in [2.05, 4.69) is 4.98 Å². The van der Waals surface area contributed by atoms with Crippen LogP contribution in [0.25, 0.3) is 0 Å². The quantitative estimate of drug-likeness (QED) is 0.879. The Kier molecular flexibility index (Phi) is 4.19. The SMILES string of the molecule is NCC1CCCCC1Cc1ccncc1Cl. The average molecular weight is 239 g/mol. The summed E-state index contributed by atoms with van der Waals surface area (Å²) in [7, 11) is 0. The molecule has 0 bridgehead atoms. The van der Waals surface area contributed by atoms with Gasteiger partial charge in [-0.1, -0.05) is 24.4 Å². The first kappa shape index (κ1) is 11.9. The summed E-state index contributed by atoms with van der Waals surface area (Å²) in [5.74, 6) is 1.39. The largest absolute Gasteiger partial charge is 0.330 e. The second-order valence-electron chi connectivity index (χ2n) is 4.71. The summed E-state index contributed by atoms with van der Waals surface area (Å²) in [6.07, 6.45) is 9.86. The predicted molar refractivity (Wildman–Crippen MR) is 67.5 cm³/mol. The third-order valence-corrected chi connectivity index (χ3v) is 4.05. The fraction of sp³-hybridized carbons (Fsp3) is 0.615. The van der Waals surface area contributed by atoms with Crippen LogP contribution in [0.3, 0.4) is 0 Å². The molecular formula is C13H19ClN2. The zero-order chi connectivity index (χ0) is 11.4. The smallest absolute Gasteiger partial charge is 0.0621 e. The third kappa shape index (κ3) is 2.74. The van der Waals surface area contributed by atoms with E-state index in [9.17, 15) is 0 Å². The minimum Gasteiger partial charge on any atom is -0.330 e. The van der Waals surface area contributed by atoms with E-state index in [1.807, 2.05) is 12.3 Å². The minimum atomic E-state index is 0.679. The van der Waals surface area contributed by atoms with E-state index in [1.165, 1.54) is 31.2 Å². The lowest BCUT2D eigenvalue weighted by atomic mass is 9.76. The van der Waals surface area contributed by atoms with Gasteiger partial charge in [-0.2, -0.15) is 0 Å². The molecule has 2 atom stereocenters. The molecule has 2 rings (SSSR count). The number of nitrogens with zero attached hydrogens (tertiary/aromatic N) is 1. The molecule has 1 saturated carbocycles. The summed E-state index contributed by atoms with van der Waals surface area (Å²) < 4.78 is 0. The van der Waals surface area contributed by atoms with Crippen molar-refractivity contribution in [3.8, 4) is 0 Å². The van der Waals surface area contributed by atoms with Crippen LogP contribution >= 0.6 is 11.6 Å². The van der Waals surface area contributed by atoms with Gasteiger partial charge in [-0.3, -0.25) is 4.98 Å². The molecule has 88 valence electrons. The van der Waals surface area contributed by atoms with Gasteiger partial charge in [0.05, 0.1) is 5.02 Å². The summed E-state index contributed by atoms with van der Waals surface area (Å²) in [6.45, 7) is 0.813. The van der Waals surface area contributed by atoms with Crippen LogP contribution in [0.5, 0.6) is 0 Å². The average Bonchev–Trinajstić information content (AvgIpc) is 2.33. The molecule has 2 N–H and O–H groups in total. The van der Waals surface area contributed by atoms with E-state index in [0.717, 1.165) is 18.0 Å². The topological polar surface area (TPSA) is 38.9 Å². The van der Waals surface area contributed by atoms with E-state index in [1.54, 1.807) is 6.20 Å². The summed E-state index contributed by atoms with van der Waals surface area (Å²) in [5.41, 5.74) is 7.06. The number of aromatic nitrogens is 1. The Hall–Kier alpha value is -0.600. The Morgan fingerprint density at radius 1 is 1.31 bits per heavy atom. The number of pyridine rings is 1. The van der Waals surface area contributed by atoms with Crippen LogP contribution in [0.2, 0.25) is 5.02 Å². The Balaban J connectivity index is 2.05. The first-order valence-corrected chi connectivity index (χ1v) is 6.47. The normalized spacial score (nSPS) is 25.6. The van der Waals surface area contributed by atoms with Crippen LogP contribution in [0, 0.1) is 11.8 Å². The molecule has 3 heteroatoms. The van der Waals surface area contributed by atoms with Crippen molar-refractivity contribution >= 4 is 11.6 Å². The van der Waals surface area contributed by atoms with Gasteiger partial charge in [0.1, 0.15) is 0 Å². The fourth-order valence-electron chi connectivity index (χ4n) is 2.72. The van der Waals surface area contributed by atoms with Crippen molar-refractivity contribution in [2.75, 3.05) is 6.54 Å². The van der Waals surface area contributed by atoms with Gasteiger partial charge in [0.2, 0.25) is 0 Å². The maximum absolute atomic E-state index is 6.14. The van der Waals surface area contributed by atoms with Crippen LogP contribution in [-0.2, 0) is 6.42 Å². The van der Waals surface area contributed by atoms with Crippen LogP contribution < -0.4 is 5.73 Å². The van der Waals surface area contributed by atoms with Crippen LogP contribution in [0.15, 0.2) is 18.5 Å². The third-order valence-electron chi connectivity index (χ3n) is 3.71. The standard InChI is InChI=1S/C13H19ClN2/c14-13-9-16-6-5-11(13)7-10-3-1-2-4-12(10)8-15/h5-6,9-10,12H,1-4,7-8,15H2. The predicted octanol–water partition coefficient (Wildman–Crippen LogP) is 3.04. The molecule has 0 aromatic carbocycles. The van der Waals surface area contributed by atoms with Gasteiger partial charge in [0, 0.05) is 12.4 Å². The molecule has 1 heterocycles. The highest BCUT2D eigenvalue weighted by molar-refractivity contribution is 6.31. The van der Waals surface area contributed by atoms with Gasteiger partial charge in [-0.05, 0) is 49.3 Å². The van der Waals surface area contributed by atoms with Gasteiger partial charge in [-0.15, -0.1) is 0 Å². The summed E-state index contributed by atoms with van der Waals surface area (Å²) >= 11 is 6.14. The molecule has 16 heavy (non-hydrogen) atoms. The van der Waals surface area contributed by atoms with E-state index in [-0.39, 0.29) is 0 Å². The molecule has 1 aliphatic carbocycles. The van der Waals surface area contributed by atoms with Crippen molar-refractivity contribution < 1.29 is 0 Å².